The zero-order chi connectivity index (χ0) is 22.9. The number of fused-ring (bicyclic) bond motifs is 2. The highest BCUT2D eigenvalue weighted by atomic mass is 31.2. The zero-order valence-corrected chi connectivity index (χ0v) is 18.4. The number of phosphoric acid groups is 1. The van der Waals surface area contributed by atoms with Crippen LogP contribution in [0.15, 0.2) is 12.7 Å². The number of carbonyl (C=O) groups is 2. The summed E-state index contributed by atoms with van der Waals surface area (Å²) in [6.07, 6.45) is 0.639. The molecule has 1 amide bonds. The summed E-state index contributed by atoms with van der Waals surface area (Å²) in [6.45, 7) is 3.50. The van der Waals surface area contributed by atoms with Gasteiger partial charge in [0.1, 0.15) is 18.5 Å². The van der Waals surface area contributed by atoms with E-state index in [4.69, 9.17) is 18.5 Å². The second-order valence-corrected chi connectivity index (χ2v) is 8.85. The third-order valence-corrected chi connectivity index (χ3v) is 6.02. The number of amides is 1. The van der Waals surface area contributed by atoms with Gasteiger partial charge in [0, 0.05) is 12.8 Å². The lowest BCUT2D eigenvalue weighted by Gasteiger charge is -2.29. The van der Waals surface area contributed by atoms with Gasteiger partial charge in [-0.3, -0.25) is 23.2 Å². The Balaban J connectivity index is 1.68. The summed E-state index contributed by atoms with van der Waals surface area (Å²) in [5.41, 5.74) is 0.638. The van der Waals surface area contributed by atoms with E-state index in [0.717, 1.165) is 0 Å². The monoisotopic (exact) mass is 469 g/mol. The average Bonchev–Trinajstić information content (AvgIpc) is 3.30. The number of esters is 1. The molecule has 0 aromatic carbocycles. The molecule has 4 rings (SSSR count). The fourth-order valence-electron chi connectivity index (χ4n) is 3.64. The molecule has 0 aliphatic carbocycles. The van der Waals surface area contributed by atoms with E-state index in [1.807, 2.05) is 13.8 Å². The van der Waals surface area contributed by atoms with E-state index in [0.29, 0.717) is 30.4 Å². The fourth-order valence-corrected chi connectivity index (χ4v) is 4.60. The van der Waals surface area contributed by atoms with E-state index in [1.165, 1.54) is 17.2 Å². The summed E-state index contributed by atoms with van der Waals surface area (Å²) in [6, 6.07) is 0. The predicted octanol–water partition coefficient (Wildman–Crippen LogP) is 1.69. The number of nitrogens with one attached hydrogen (secondary N) is 1. The molecule has 0 saturated carbocycles. The van der Waals surface area contributed by atoms with Gasteiger partial charge in [0.25, 0.3) is 0 Å². The molecule has 2 N–H and O–H groups in total. The second-order valence-electron chi connectivity index (χ2n) is 7.45. The number of rotatable bonds is 7. The summed E-state index contributed by atoms with van der Waals surface area (Å²) in [4.78, 5) is 46.7. The lowest BCUT2D eigenvalue weighted by atomic mass is 10.1. The number of imidazole rings is 1. The lowest BCUT2D eigenvalue weighted by Crippen LogP contribution is -2.41. The molecule has 5 atom stereocenters. The molecule has 2 fully saturated rings. The van der Waals surface area contributed by atoms with Crippen molar-refractivity contribution in [1.29, 1.82) is 0 Å². The summed E-state index contributed by atoms with van der Waals surface area (Å²) >= 11 is 0. The highest BCUT2D eigenvalue weighted by Gasteiger charge is 2.55. The van der Waals surface area contributed by atoms with Crippen molar-refractivity contribution in [3.05, 3.63) is 12.7 Å². The Morgan fingerprint density at radius 2 is 2.06 bits per heavy atom. The lowest BCUT2D eigenvalue weighted by molar-refractivity contribution is -0.158. The van der Waals surface area contributed by atoms with Gasteiger partial charge < -0.3 is 19.7 Å². The van der Waals surface area contributed by atoms with Crippen molar-refractivity contribution in [2.24, 2.45) is 0 Å². The van der Waals surface area contributed by atoms with E-state index in [1.54, 1.807) is 0 Å². The van der Waals surface area contributed by atoms with E-state index >= 15 is 0 Å². The van der Waals surface area contributed by atoms with Gasteiger partial charge in [-0.15, -0.1) is 0 Å². The molecule has 0 radical (unpaired) electrons. The minimum absolute atomic E-state index is 0.161. The molecule has 2 aliphatic rings. The van der Waals surface area contributed by atoms with Crippen LogP contribution in [0.25, 0.3) is 11.2 Å². The van der Waals surface area contributed by atoms with Crippen LogP contribution < -0.4 is 5.32 Å². The van der Waals surface area contributed by atoms with E-state index in [9.17, 15) is 19.0 Å². The molecular weight excluding hydrogens is 445 g/mol. The summed E-state index contributed by atoms with van der Waals surface area (Å²) in [5, 5.41) is 2.70. The van der Waals surface area contributed by atoms with Crippen molar-refractivity contribution in [2.75, 3.05) is 11.9 Å². The summed E-state index contributed by atoms with van der Waals surface area (Å²) in [5.74, 6) is -0.469. The van der Waals surface area contributed by atoms with Crippen LogP contribution in [-0.4, -0.2) is 61.2 Å². The first-order valence-electron chi connectivity index (χ1n) is 10.3. The first-order valence-corrected chi connectivity index (χ1v) is 11.8. The molecule has 2 aromatic heterocycles. The van der Waals surface area contributed by atoms with Crippen molar-refractivity contribution in [1.82, 2.24) is 19.5 Å². The highest BCUT2D eigenvalue weighted by Crippen LogP contribution is 2.53. The van der Waals surface area contributed by atoms with Crippen LogP contribution in [0.4, 0.5) is 5.82 Å². The largest absolute Gasteiger partial charge is 0.472 e. The molecule has 0 spiro atoms. The number of anilines is 1. The number of carbonyl (C=O) groups excluding carboxylic acids is 2. The van der Waals surface area contributed by atoms with Gasteiger partial charge in [-0.2, -0.15) is 0 Å². The number of phosphoric ester groups is 1. The number of ether oxygens (including phenoxy) is 2. The first-order chi connectivity index (χ1) is 15.3. The quantitative estimate of drug-likeness (QED) is 0.448. The van der Waals surface area contributed by atoms with Crippen LogP contribution in [0.5, 0.6) is 0 Å². The van der Waals surface area contributed by atoms with Gasteiger partial charge in [-0.1, -0.05) is 13.8 Å². The molecule has 14 heteroatoms. The van der Waals surface area contributed by atoms with Gasteiger partial charge in [-0.05, 0) is 12.8 Å². The molecule has 2 unspecified atom stereocenters. The third-order valence-electron chi connectivity index (χ3n) is 5.03. The van der Waals surface area contributed by atoms with Crippen molar-refractivity contribution in [2.45, 2.75) is 64.1 Å². The van der Waals surface area contributed by atoms with Gasteiger partial charge in [0.2, 0.25) is 5.91 Å². The molecule has 174 valence electrons. The molecule has 2 saturated heterocycles. The fraction of sp³-hybridized carbons (Fsp3) is 0.611. The van der Waals surface area contributed by atoms with E-state index in [2.05, 4.69) is 20.3 Å². The maximum Gasteiger partial charge on any atom is 0.472 e. The van der Waals surface area contributed by atoms with Crippen LogP contribution in [-0.2, 0) is 32.7 Å². The number of hydrogen-bond acceptors (Lipinski definition) is 10. The Morgan fingerprint density at radius 1 is 1.28 bits per heavy atom. The van der Waals surface area contributed by atoms with Crippen molar-refractivity contribution in [3.63, 3.8) is 0 Å². The van der Waals surface area contributed by atoms with Crippen molar-refractivity contribution in [3.8, 4) is 0 Å². The topological polar surface area (TPSA) is 164 Å². The smallest absolute Gasteiger partial charge is 0.455 e. The molecular formula is C18H24N5O8P. The van der Waals surface area contributed by atoms with Crippen LogP contribution >= 0.6 is 7.82 Å². The standard InChI is InChI=1S/C18H24N5O8P/c1-3-5-11(24)22-16-13-17(20-8-19-16)23(9-21-13)18-15(30-12(25)6-4-2)14-10(29-18)7-28-32(26,27)31-14/h8-10,14-15,18H,3-7H2,1-2H3,(H,26,27)(H,19,20,22,24)/t10-,14?,15+,18-/m1/s1. The Bertz CT molecular complexity index is 1060. The van der Waals surface area contributed by atoms with Crippen LogP contribution in [0, 0.1) is 0 Å². The Hall–Kier alpha value is -2.44. The SMILES string of the molecule is CCCC(=O)Nc1ncnc2c1ncn2[C@@H]1O[C@@H]2COP(=O)(O)OC2[C@@H]1OC(=O)CCC. The normalized spacial score (nSPS) is 29.6. The minimum atomic E-state index is -4.30. The highest BCUT2D eigenvalue weighted by molar-refractivity contribution is 7.47. The van der Waals surface area contributed by atoms with Crippen LogP contribution in [0.1, 0.15) is 45.8 Å². The predicted molar refractivity (Wildman–Crippen MR) is 108 cm³/mol. The second kappa shape index (κ2) is 9.20. The molecule has 0 bridgehead atoms. The summed E-state index contributed by atoms with van der Waals surface area (Å²) < 4.78 is 35.1. The van der Waals surface area contributed by atoms with Gasteiger partial charge >= 0.3 is 13.8 Å². The number of aromatic nitrogens is 4. The third kappa shape index (κ3) is 4.52. The van der Waals surface area contributed by atoms with E-state index < -0.39 is 38.3 Å². The van der Waals surface area contributed by atoms with Crippen LogP contribution in [0.3, 0.4) is 0 Å². The average molecular weight is 469 g/mol. The van der Waals surface area contributed by atoms with E-state index in [-0.39, 0.29) is 24.8 Å². The Kier molecular flexibility index (Phi) is 6.54. The van der Waals surface area contributed by atoms with Crippen molar-refractivity contribution >= 4 is 36.7 Å². The van der Waals surface area contributed by atoms with Crippen LogP contribution in [0.2, 0.25) is 0 Å². The first kappa shape index (κ1) is 22.7. The number of hydrogen-bond donors (Lipinski definition) is 2. The maximum absolute atomic E-state index is 12.3. The minimum Gasteiger partial charge on any atom is -0.455 e. The Labute approximate surface area is 183 Å². The number of nitrogens with zero attached hydrogens (tertiary/aromatic N) is 4. The molecule has 2 aliphatic heterocycles. The summed E-state index contributed by atoms with van der Waals surface area (Å²) in [7, 11) is -4.30. The molecule has 32 heavy (non-hydrogen) atoms. The molecule has 2 aromatic rings. The molecule has 13 nitrogen and oxygen atoms in total. The Morgan fingerprint density at radius 3 is 2.81 bits per heavy atom. The molecule has 4 heterocycles. The van der Waals surface area contributed by atoms with Crippen molar-refractivity contribution < 1.29 is 37.6 Å². The maximum atomic E-state index is 12.3. The van der Waals surface area contributed by atoms with Gasteiger partial charge in [0.15, 0.2) is 29.3 Å². The van der Waals surface area contributed by atoms with Gasteiger partial charge in [-0.25, -0.2) is 19.5 Å². The van der Waals surface area contributed by atoms with Gasteiger partial charge in [0.05, 0.1) is 12.9 Å². The zero-order valence-electron chi connectivity index (χ0n) is 17.5.